The maximum Gasteiger partial charge on any atom is 0.265 e. The molecular weight excluding hydrogens is 510 g/mol. The molecule has 2 aliphatic rings. The Hall–Kier alpha value is -3.39. The van der Waals surface area contributed by atoms with E-state index >= 15 is 0 Å². The van der Waals surface area contributed by atoms with Crippen LogP contribution in [-0.2, 0) is 26.2 Å². The topological polar surface area (TPSA) is 86.8 Å². The molecule has 1 saturated carbocycles. The molecule has 206 valence electrons. The number of sulfonamides is 1. The van der Waals surface area contributed by atoms with Crippen molar-refractivity contribution in [2.75, 3.05) is 10.8 Å². The van der Waals surface area contributed by atoms with Crippen LogP contribution in [0, 0.1) is 6.92 Å². The lowest BCUT2D eigenvalue weighted by Crippen LogP contribution is -2.51. The standard InChI is InChI=1S/C31H37N3O4S/c1-3-26(31(36)32-25-15-6-7-16-25)33(21-24-12-5-4-11-22(24)2)29(35)19-10-20-34-27-17-8-13-23-14-9-18-28(30(23)27)39(34,37)38/h4-5,8-9,11-14,17-18,25-26H,3,6-7,10,15-16,19-21H2,1-2H3,(H,32,36)/t26-/m0/s1. The van der Waals surface area contributed by atoms with Crippen LogP contribution in [0.3, 0.4) is 0 Å². The molecular formula is C31H37N3O4S. The van der Waals surface area contributed by atoms with Gasteiger partial charge in [-0.1, -0.05) is 68.3 Å². The fourth-order valence-electron chi connectivity index (χ4n) is 5.97. The first-order valence-electron chi connectivity index (χ1n) is 14.0. The minimum absolute atomic E-state index is 0.101. The Morgan fingerprint density at radius 1 is 1.03 bits per heavy atom. The lowest BCUT2D eigenvalue weighted by Gasteiger charge is -2.32. The van der Waals surface area contributed by atoms with Gasteiger partial charge < -0.3 is 10.2 Å². The number of aryl methyl sites for hydroxylation is 1. The summed E-state index contributed by atoms with van der Waals surface area (Å²) in [7, 11) is -3.67. The van der Waals surface area contributed by atoms with Gasteiger partial charge in [-0.2, -0.15) is 0 Å². The zero-order valence-electron chi connectivity index (χ0n) is 22.7. The Morgan fingerprint density at radius 3 is 2.46 bits per heavy atom. The van der Waals surface area contributed by atoms with Gasteiger partial charge in [0.1, 0.15) is 6.04 Å². The summed E-state index contributed by atoms with van der Waals surface area (Å²) < 4.78 is 28.1. The molecule has 8 heteroatoms. The summed E-state index contributed by atoms with van der Waals surface area (Å²) >= 11 is 0. The van der Waals surface area contributed by atoms with E-state index in [1.54, 1.807) is 17.0 Å². The minimum atomic E-state index is -3.67. The van der Waals surface area contributed by atoms with Crippen LogP contribution in [0.15, 0.2) is 65.6 Å². The first kappa shape index (κ1) is 27.2. The zero-order valence-corrected chi connectivity index (χ0v) is 23.5. The fourth-order valence-corrected chi connectivity index (χ4v) is 7.72. The maximum absolute atomic E-state index is 13.7. The molecule has 0 aromatic heterocycles. The van der Waals surface area contributed by atoms with Gasteiger partial charge in [0.2, 0.25) is 11.8 Å². The molecule has 1 fully saturated rings. The molecule has 1 aliphatic carbocycles. The molecule has 1 atom stereocenters. The minimum Gasteiger partial charge on any atom is -0.352 e. The van der Waals surface area contributed by atoms with E-state index in [0.29, 0.717) is 30.0 Å². The van der Waals surface area contributed by atoms with Crippen LogP contribution < -0.4 is 9.62 Å². The highest BCUT2D eigenvalue weighted by Gasteiger charge is 2.36. The summed E-state index contributed by atoms with van der Waals surface area (Å²) in [6.45, 7) is 4.49. The van der Waals surface area contributed by atoms with Crippen molar-refractivity contribution in [3.63, 3.8) is 0 Å². The predicted octanol–water partition coefficient (Wildman–Crippen LogP) is 5.30. The van der Waals surface area contributed by atoms with Crippen molar-refractivity contribution in [3.8, 4) is 0 Å². The van der Waals surface area contributed by atoms with Gasteiger partial charge >= 0.3 is 0 Å². The van der Waals surface area contributed by atoms with Crippen LogP contribution in [0.5, 0.6) is 0 Å². The largest absolute Gasteiger partial charge is 0.352 e. The average molecular weight is 548 g/mol. The molecule has 0 unspecified atom stereocenters. The zero-order chi connectivity index (χ0) is 27.6. The summed E-state index contributed by atoms with van der Waals surface area (Å²) in [5, 5.41) is 4.80. The van der Waals surface area contributed by atoms with Crippen molar-refractivity contribution in [2.24, 2.45) is 0 Å². The van der Waals surface area contributed by atoms with Crippen molar-refractivity contribution in [1.82, 2.24) is 10.2 Å². The third-order valence-electron chi connectivity index (χ3n) is 8.12. The number of rotatable bonds is 10. The van der Waals surface area contributed by atoms with Crippen molar-refractivity contribution >= 4 is 38.3 Å². The number of nitrogens with one attached hydrogen (secondary N) is 1. The molecule has 7 nitrogen and oxygen atoms in total. The first-order valence-corrected chi connectivity index (χ1v) is 15.4. The maximum atomic E-state index is 13.7. The summed E-state index contributed by atoms with van der Waals surface area (Å²) in [5.41, 5.74) is 2.73. The Morgan fingerprint density at radius 2 is 1.74 bits per heavy atom. The van der Waals surface area contributed by atoms with Crippen molar-refractivity contribution < 1.29 is 18.0 Å². The van der Waals surface area contributed by atoms with Crippen LogP contribution >= 0.6 is 0 Å². The molecule has 1 N–H and O–H groups in total. The quantitative estimate of drug-likeness (QED) is 0.373. The second-order valence-corrected chi connectivity index (χ2v) is 12.5. The van der Waals surface area contributed by atoms with Gasteiger partial charge in [-0.25, -0.2) is 8.42 Å². The second kappa shape index (κ2) is 11.4. The van der Waals surface area contributed by atoms with Crippen LogP contribution in [0.1, 0.15) is 63.0 Å². The second-order valence-electron chi connectivity index (χ2n) is 10.7. The van der Waals surface area contributed by atoms with E-state index in [0.717, 1.165) is 47.6 Å². The molecule has 0 saturated heterocycles. The molecule has 0 radical (unpaired) electrons. The normalized spacial score (nSPS) is 16.9. The van der Waals surface area contributed by atoms with Crippen LogP contribution in [0.2, 0.25) is 0 Å². The number of anilines is 1. The summed E-state index contributed by atoms with van der Waals surface area (Å²) in [4.78, 5) is 29.1. The lowest BCUT2D eigenvalue weighted by atomic mass is 10.0. The summed E-state index contributed by atoms with van der Waals surface area (Å²) in [6, 6.07) is 18.4. The number of nitrogens with zero attached hydrogens (tertiary/aromatic N) is 2. The highest BCUT2D eigenvalue weighted by atomic mass is 32.2. The van der Waals surface area contributed by atoms with E-state index in [2.05, 4.69) is 5.32 Å². The monoisotopic (exact) mass is 547 g/mol. The SMILES string of the molecule is CC[C@@H](C(=O)NC1CCCC1)N(Cc1ccccc1C)C(=O)CCCN1c2cccc3cccc(c23)S1(=O)=O. The van der Waals surface area contributed by atoms with E-state index in [9.17, 15) is 18.0 Å². The highest BCUT2D eigenvalue weighted by Crippen LogP contribution is 2.42. The van der Waals surface area contributed by atoms with Crippen LogP contribution in [0.25, 0.3) is 10.8 Å². The van der Waals surface area contributed by atoms with Gasteiger partial charge in [0, 0.05) is 30.9 Å². The van der Waals surface area contributed by atoms with E-state index in [-0.39, 0.29) is 30.8 Å². The number of benzene rings is 3. The molecule has 5 rings (SSSR count). The highest BCUT2D eigenvalue weighted by molar-refractivity contribution is 7.93. The van der Waals surface area contributed by atoms with Crippen LogP contribution in [0.4, 0.5) is 5.69 Å². The summed E-state index contributed by atoms with van der Waals surface area (Å²) in [5.74, 6) is -0.241. The van der Waals surface area contributed by atoms with Crippen molar-refractivity contribution in [3.05, 3.63) is 71.8 Å². The van der Waals surface area contributed by atoms with E-state index in [1.807, 2.05) is 62.4 Å². The van der Waals surface area contributed by atoms with E-state index < -0.39 is 16.1 Å². The predicted molar refractivity (Wildman–Crippen MR) is 154 cm³/mol. The molecule has 39 heavy (non-hydrogen) atoms. The van der Waals surface area contributed by atoms with Crippen LogP contribution in [-0.4, -0.2) is 43.8 Å². The summed E-state index contributed by atoms with van der Waals surface area (Å²) in [6.07, 6.45) is 5.20. The molecule has 3 aromatic rings. The number of carbonyl (C=O) groups excluding carboxylic acids is 2. The van der Waals surface area contributed by atoms with Gasteiger partial charge in [-0.3, -0.25) is 13.9 Å². The molecule has 1 heterocycles. The van der Waals surface area contributed by atoms with Gasteiger partial charge in [0.05, 0.1) is 10.6 Å². The molecule has 0 spiro atoms. The first-order chi connectivity index (χ1) is 18.8. The number of hydrogen-bond acceptors (Lipinski definition) is 4. The Labute approximate surface area is 231 Å². The fraction of sp³-hybridized carbons (Fsp3) is 0.419. The third-order valence-corrected chi connectivity index (χ3v) is 9.98. The van der Waals surface area contributed by atoms with Crippen molar-refractivity contribution in [1.29, 1.82) is 0 Å². The van der Waals surface area contributed by atoms with Gasteiger partial charge in [-0.05, 0) is 61.3 Å². The van der Waals surface area contributed by atoms with E-state index in [1.165, 1.54) is 4.31 Å². The Balaban J connectivity index is 1.33. The Bertz CT molecular complexity index is 1470. The average Bonchev–Trinajstić information content (AvgIpc) is 3.51. The molecule has 1 aliphatic heterocycles. The van der Waals surface area contributed by atoms with Gasteiger partial charge in [0.25, 0.3) is 10.0 Å². The molecule has 2 amide bonds. The number of carbonyl (C=O) groups is 2. The molecule has 3 aromatic carbocycles. The smallest absolute Gasteiger partial charge is 0.265 e. The van der Waals surface area contributed by atoms with Gasteiger partial charge in [0.15, 0.2) is 0 Å². The van der Waals surface area contributed by atoms with Crippen molar-refractivity contribution in [2.45, 2.75) is 82.3 Å². The number of hydrogen-bond donors (Lipinski definition) is 1. The van der Waals surface area contributed by atoms with E-state index in [4.69, 9.17) is 0 Å². The van der Waals surface area contributed by atoms with Gasteiger partial charge in [-0.15, -0.1) is 0 Å². The Kier molecular flexibility index (Phi) is 7.93. The third kappa shape index (κ3) is 5.39. The number of amides is 2. The molecule has 0 bridgehead atoms. The lowest BCUT2D eigenvalue weighted by molar-refractivity contribution is -0.141.